The van der Waals surface area contributed by atoms with Crippen LogP contribution in [-0.4, -0.2) is 18.0 Å². The Kier molecular flexibility index (Phi) is 3.23. The maximum absolute atomic E-state index is 11.3. The molecule has 0 aliphatic carbocycles. The van der Waals surface area contributed by atoms with E-state index in [9.17, 15) is 4.79 Å². The molecule has 2 aromatic rings. The minimum Gasteiger partial charge on any atom is -0.497 e. The van der Waals surface area contributed by atoms with E-state index in [0.29, 0.717) is 17.7 Å². The number of ether oxygens (including phenoxy) is 1. The van der Waals surface area contributed by atoms with Gasteiger partial charge in [-0.05, 0) is 24.6 Å². The third-order valence-electron chi connectivity index (χ3n) is 2.52. The molecule has 0 unspecified atom stereocenters. The fourth-order valence-corrected chi connectivity index (χ4v) is 1.65. The molecule has 1 aromatic carbocycles. The first kappa shape index (κ1) is 11.4. The van der Waals surface area contributed by atoms with Gasteiger partial charge >= 0.3 is 0 Å². The maximum Gasteiger partial charge on any atom is 0.165 e. The predicted octanol–water partition coefficient (Wildman–Crippen LogP) is 2.48. The van der Waals surface area contributed by atoms with Crippen molar-refractivity contribution >= 4 is 5.78 Å². The predicted molar refractivity (Wildman–Crippen MR) is 62.3 cm³/mol. The van der Waals surface area contributed by atoms with Gasteiger partial charge in [0.2, 0.25) is 0 Å². The average Bonchev–Trinajstić information content (AvgIpc) is 2.77. The molecule has 0 saturated carbocycles. The molecule has 0 N–H and O–H groups in total. The first-order valence-corrected chi connectivity index (χ1v) is 5.28. The molecule has 0 radical (unpaired) electrons. The zero-order valence-electron chi connectivity index (χ0n) is 9.77. The Morgan fingerprint density at radius 2 is 2.29 bits per heavy atom. The monoisotopic (exact) mass is 231 g/mol. The van der Waals surface area contributed by atoms with E-state index in [0.717, 1.165) is 11.3 Å². The normalized spacial score (nSPS) is 10.2. The molecule has 17 heavy (non-hydrogen) atoms. The highest BCUT2D eigenvalue weighted by Crippen LogP contribution is 2.18. The molecular weight excluding hydrogens is 218 g/mol. The van der Waals surface area contributed by atoms with E-state index in [1.165, 1.54) is 13.1 Å². The molecule has 0 aliphatic heterocycles. The number of ketones is 1. The van der Waals surface area contributed by atoms with Crippen molar-refractivity contribution in [2.24, 2.45) is 0 Å². The second-order valence-corrected chi connectivity index (χ2v) is 3.75. The van der Waals surface area contributed by atoms with Crippen molar-refractivity contribution < 1.29 is 14.1 Å². The lowest BCUT2D eigenvalue weighted by Gasteiger charge is -2.03. The van der Waals surface area contributed by atoms with Gasteiger partial charge in [0.15, 0.2) is 11.5 Å². The summed E-state index contributed by atoms with van der Waals surface area (Å²) in [7, 11) is 1.62. The number of hydrogen-bond acceptors (Lipinski definition) is 4. The molecule has 0 amide bonds. The van der Waals surface area contributed by atoms with Crippen LogP contribution in [0.3, 0.4) is 0 Å². The topological polar surface area (TPSA) is 52.3 Å². The molecule has 4 heteroatoms. The van der Waals surface area contributed by atoms with Gasteiger partial charge < -0.3 is 9.26 Å². The highest BCUT2D eigenvalue weighted by Gasteiger charge is 2.12. The van der Waals surface area contributed by atoms with Crippen LogP contribution in [0.5, 0.6) is 5.75 Å². The second kappa shape index (κ2) is 4.82. The SMILES string of the molecule is COc1cccc(Cc2oncc2C(C)=O)c1. The largest absolute Gasteiger partial charge is 0.497 e. The van der Waals surface area contributed by atoms with Gasteiger partial charge in [0.05, 0.1) is 18.9 Å². The van der Waals surface area contributed by atoms with Crippen molar-refractivity contribution in [3.8, 4) is 5.75 Å². The molecule has 0 aliphatic rings. The fourth-order valence-electron chi connectivity index (χ4n) is 1.65. The molecule has 0 saturated heterocycles. The molecule has 1 heterocycles. The summed E-state index contributed by atoms with van der Waals surface area (Å²) in [6, 6.07) is 7.63. The summed E-state index contributed by atoms with van der Waals surface area (Å²) in [5.41, 5.74) is 1.55. The van der Waals surface area contributed by atoms with Crippen molar-refractivity contribution in [2.75, 3.05) is 7.11 Å². The second-order valence-electron chi connectivity index (χ2n) is 3.75. The van der Waals surface area contributed by atoms with Crippen LogP contribution < -0.4 is 4.74 Å². The van der Waals surface area contributed by atoms with Crippen molar-refractivity contribution in [1.82, 2.24) is 5.16 Å². The van der Waals surface area contributed by atoms with E-state index in [-0.39, 0.29) is 5.78 Å². The molecule has 0 atom stereocenters. The minimum atomic E-state index is -0.0378. The lowest BCUT2D eigenvalue weighted by molar-refractivity contribution is 0.101. The molecule has 88 valence electrons. The Morgan fingerprint density at radius 1 is 1.47 bits per heavy atom. The number of hydrogen-bond donors (Lipinski definition) is 0. The summed E-state index contributed by atoms with van der Waals surface area (Å²) in [6.45, 7) is 1.50. The maximum atomic E-state index is 11.3. The van der Waals surface area contributed by atoms with Crippen LogP contribution in [0.25, 0.3) is 0 Å². The number of methoxy groups -OCH3 is 1. The van der Waals surface area contributed by atoms with Crippen molar-refractivity contribution in [3.05, 3.63) is 47.3 Å². The Balaban J connectivity index is 2.25. The number of aromatic nitrogens is 1. The van der Waals surface area contributed by atoms with Gasteiger partial charge in [-0.3, -0.25) is 4.79 Å². The van der Waals surface area contributed by atoms with Crippen LogP contribution in [-0.2, 0) is 6.42 Å². The van der Waals surface area contributed by atoms with E-state index in [1.54, 1.807) is 7.11 Å². The van der Waals surface area contributed by atoms with Gasteiger partial charge in [-0.2, -0.15) is 0 Å². The van der Waals surface area contributed by atoms with Crippen molar-refractivity contribution in [2.45, 2.75) is 13.3 Å². The van der Waals surface area contributed by atoms with Crippen LogP contribution in [0.4, 0.5) is 0 Å². The quantitative estimate of drug-likeness (QED) is 0.758. The Morgan fingerprint density at radius 3 is 3.00 bits per heavy atom. The van der Waals surface area contributed by atoms with Crippen LogP contribution in [0.2, 0.25) is 0 Å². The Bertz CT molecular complexity index is 531. The number of benzene rings is 1. The zero-order chi connectivity index (χ0) is 12.3. The minimum absolute atomic E-state index is 0.0378. The van der Waals surface area contributed by atoms with E-state index >= 15 is 0 Å². The third kappa shape index (κ3) is 2.53. The number of carbonyl (C=O) groups excluding carboxylic acids is 1. The molecule has 0 bridgehead atoms. The third-order valence-corrected chi connectivity index (χ3v) is 2.52. The summed E-state index contributed by atoms with van der Waals surface area (Å²) >= 11 is 0. The highest BCUT2D eigenvalue weighted by molar-refractivity contribution is 5.94. The van der Waals surface area contributed by atoms with E-state index in [2.05, 4.69) is 5.16 Å². The van der Waals surface area contributed by atoms with Crippen molar-refractivity contribution in [1.29, 1.82) is 0 Å². The van der Waals surface area contributed by atoms with Gasteiger partial charge in [0, 0.05) is 6.42 Å². The molecule has 1 aromatic heterocycles. The lowest BCUT2D eigenvalue weighted by atomic mass is 10.1. The average molecular weight is 231 g/mol. The van der Waals surface area contributed by atoms with E-state index in [4.69, 9.17) is 9.26 Å². The van der Waals surface area contributed by atoms with Crippen molar-refractivity contribution in [3.63, 3.8) is 0 Å². The fraction of sp³-hybridized carbons (Fsp3) is 0.231. The summed E-state index contributed by atoms with van der Waals surface area (Å²) < 4.78 is 10.2. The number of nitrogens with zero attached hydrogens (tertiary/aromatic N) is 1. The number of carbonyl (C=O) groups is 1. The molecule has 0 fully saturated rings. The first-order valence-electron chi connectivity index (χ1n) is 5.28. The van der Waals surface area contributed by atoms with Gasteiger partial charge in [0.1, 0.15) is 5.75 Å². The van der Waals surface area contributed by atoms with Gasteiger partial charge in [-0.1, -0.05) is 17.3 Å². The summed E-state index contributed by atoms with van der Waals surface area (Å²) in [4.78, 5) is 11.3. The van der Waals surface area contributed by atoms with Gasteiger partial charge in [-0.15, -0.1) is 0 Å². The van der Waals surface area contributed by atoms with Crippen LogP contribution in [0, 0.1) is 0 Å². The van der Waals surface area contributed by atoms with Gasteiger partial charge in [0.25, 0.3) is 0 Å². The molecular formula is C13H13NO3. The summed E-state index contributed by atoms with van der Waals surface area (Å²) in [5.74, 6) is 1.33. The van der Waals surface area contributed by atoms with E-state index in [1.807, 2.05) is 24.3 Å². The highest BCUT2D eigenvalue weighted by atomic mass is 16.5. The molecule has 4 nitrogen and oxygen atoms in total. The van der Waals surface area contributed by atoms with Crippen LogP contribution in [0.15, 0.2) is 35.0 Å². The zero-order valence-corrected chi connectivity index (χ0v) is 9.77. The van der Waals surface area contributed by atoms with Gasteiger partial charge in [-0.25, -0.2) is 0 Å². The summed E-state index contributed by atoms with van der Waals surface area (Å²) in [6.07, 6.45) is 1.99. The number of rotatable bonds is 4. The summed E-state index contributed by atoms with van der Waals surface area (Å²) in [5, 5.41) is 3.66. The van der Waals surface area contributed by atoms with Crippen LogP contribution in [0.1, 0.15) is 28.6 Å². The first-order chi connectivity index (χ1) is 8.20. The molecule has 2 rings (SSSR count). The van der Waals surface area contributed by atoms with Crippen LogP contribution >= 0.6 is 0 Å². The molecule has 0 spiro atoms. The number of Topliss-reactive ketones (excluding diaryl/α,β-unsaturated/α-hetero) is 1. The lowest BCUT2D eigenvalue weighted by Crippen LogP contribution is -1.96. The Hall–Kier alpha value is -2.10. The Labute approximate surface area is 99.2 Å². The standard InChI is InChI=1S/C13H13NO3/c1-9(15)12-8-14-17-13(12)7-10-4-3-5-11(6-10)16-2/h3-6,8H,7H2,1-2H3. The van der Waals surface area contributed by atoms with E-state index < -0.39 is 0 Å². The smallest absolute Gasteiger partial charge is 0.165 e.